The maximum absolute atomic E-state index is 6.19. The lowest BCUT2D eigenvalue weighted by atomic mass is 10.1. The van der Waals surface area contributed by atoms with Gasteiger partial charge in [-0.3, -0.25) is 4.99 Å². The second kappa shape index (κ2) is 10.7. The molecule has 0 unspecified atom stereocenters. The summed E-state index contributed by atoms with van der Waals surface area (Å²) in [5, 5.41) is 3.54. The molecule has 1 aromatic heterocycles. The van der Waals surface area contributed by atoms with E-state index in [1.165, 1.54) is 25.7 Å². The van der Waals surface area contributed by atoms with Crippen molar-refractivity contribution in [2.24, 2.45) is 10.9 Å². The molecule has 152 valence electrons. The first kappa shape index (κ1) is 20.2. The van der Waals surface area contributed by atoms with E-state index in [0.717, 1.165) is 76.2 Å². The van der Waals surface area contributed by atoms with Crippen molar-refractivity contribution in [2.75, 3.05) is 33.3 Å². The summed E-state index contributed by atoms with van der Waals surface area (Å²) < 4.78 is 8.41. The number of nitrogens with zero attached hydrogens (tertiary/aromatic N) is 4. The third-order valence-electron chi connectivity index (χ3n) is 6.03. The standard InChI is InChI=1S/C21H37N5O/c1-18-23-12-16-25(18)13-6-5-11-24-21(22-2)26-14-9-20(10-15-26)27-17-19-7-3-4-8-19/h12,16,19-20H,3-11,13-15,17H2,1-2H3,(H,22,24). The molecule has 3 rings (SSSR count). The lowest BCUT2D eigenvalue weighted by Gasteiger charge is -2.34. The van der Waals surface area contributed by atoms with Crippen LogP contribution in [0, 0.1) is 12.8 Å². The van der Waals surface area contributed by atoms with Gasteiger partial charge in [0, 0.05) is 52.2 Å². The van der Waals surface area contributed by atoms with Gasteiger partial charge in [0.05, 0.1) is 6.10 Å². The van der Waals surface area contributed by atoms with Crippen LogP contribution in [0.15, 0.2) is 17.4 Å². The number of imidazole rings is 1. The summed E-state index contributed by atoms with van der Waals surface area (Å²) in [5.41, 5.74) is 0. The highest BCUT2D eigenvalue weighted by Gasteiger charge is 2.23. The van der Waals surface area contributed by atoms with Crippen molar-refractivity contribution >= 4 is 5.96 Å². The molecule has 2 aliphatic rings. The number of aliphatic imine (C=N–C) groups is 1. The Morgan fingerprint density at radius 3 is 2.67 bits per heavy atom. The SMILES string of the molecule is CN=C(NCCCCn1ccnc1C)N1CCC(OCC2CCCC2)CC1. The van der Waals surface area contributed by atoms with Gasteiger partial charge in [-0.25, -0.2) is 4.98 Å². The zero-order chi connectivity index (χ0) is 18.9. The van der Waals surface area contributed by atoms with E-state index >= 15 is 0 Å². The van der Waals surface area contributed by atoms with Crippen LogP contribution in [0.4, 0.5) is 0 Å². The molecule has 2 fully saturated rings. The van der Waals surface area contributed by atoms with Crippen molar-refractivity contribution < 1.29 is 4.74 Å². The Morgan fingerprint density at radius 1 is 1.22 bits per heavy atom. The van der Waals surface area contributed by atoms with E-state index < -0.39 is 0 Å². The van der Waals surface area contributed by atoms with Gasteiger partial charge in [0.1, 0.15) is 5.82 Å². The minimum atomic E-state index is 0.443. The van der Waals surface area contributed by atoms with Gasteiger partial charge in [0.15, 0.2) is 5.96 Å². The number of likely N-dealkylation sites (tertiary alicyclic amines) is 1. The third kappa shape index (κ3) is 6.23. The van der Waals surface area contributed by atoms with Crippen LogP contribution in [0.3, 0.4) is 0 Å². The van der Waals surface area contributed by atoms with Gasteiger partial charge >= 0.3 is 0 Å². The Morgan fingerprint density at radius 2 is 2.00 bits per heavy atom. The summed E-state index contributed by atoms with van der Waals surface area (Å²) >= 11 is 0. The van der Waals surface area contributed by atoms with Crippen LogP contribution in [-0.4, -0.2) is 59.8 Å². The Bertz CT molecular complexity index is 571. The Kier molecular flexibility index (Phi) is 7.99. The molecule has 0 amide bonds. The fourth-order valence-corrected chi connectivity index (χ4v) is 4.26. The quantitative estimate of drug-likeness (QED) is 0.431. The molecule has 2 heterocycles. The Labute approximate surface area is 164 Å². The molecule has 1 aliphatic heterocycles. The molecule has 1 saturated carbocycles. The van der Waals surface area contributed by atoms with Gasteiger partial charge in [-0.1, -0.05) is 12.8 Å². The molecule has 1 saturated heterocycles. The van der Waals surface area contributed by atoms with Crippen LogP contribution < -0.4 is 5.32 Å². The maximum Gasteiger partial charge on any atom is 0.193 e. The molecular weight excluding hydrogens is 338 g/mol. The first-order valence-corrected chi connectivity index (χ1v) is 10.8. The molecule has 6 nitrogen and oxygen atoms in total. The highest BCUT2D eigenvalue weighted by Crippen LogP contribution is 2.26. The topological polar surface area (TPSA) is 54.7 Å². The van der Waals surface area contributed by atoms with Crippen molar-refractivity contribution in [1.29, 1.82) is 0 Å². The average Bonchev–Trinajstić information content (AvgIpc) is 3.35. The summed E-state index contributed by atoms with van der Waals surface area (Å²) in [7, 11) is 1.89. The highest BCUT2D eigenvalue weighted by molar-refractivity contribution is 5.79. The summed E-state index contributed by atoms with van der Waals surface area (Å²) in [6, 6.07) is 0. The molecule has 0 atom stereocenters. The Hall–Kier alpha value is -1.56. The van der Waals surface area contributed by atoms with Crippen molar-refractivity contribution in [3.8, 4) is 0 Å². The van der Waals surface area contributed by atoms with E-state index in [1.807, 2.05) is 13.2 Å². The highest BCUT2D eigenvalue weighted by atomic mass is 16.5. The van der Waals surface area contributed by atoms with Crippen LogP contribution in [-0.2, 0) is 11.3 Å². The number of piperidine rings is 1. The van der Waals surface area contributed by atoms with Crippen molar-refractivity contribution in [3.63, 3.8) is 0 Å². The van der Waals surface area contributed by atoms with E-state index in [4.69, 9.17) is 4.74 Å². The lowest BCUT2D eigenvalue weighted by Crippen LogP contribution is -2.47. The molecular formula is C21H37N5O. The van der Waals surface area contributed by atoms with Gasteiger partial charge in [-0.05, 0) is 51.4 Å². The molecule has 6 heteroatoms. The van der Waals surface area contributed by atoms with Crippen LogP contribution in [0.2, 0.25) is 0 Å². The molecule has 0 spiro atoms. The average molecular weight is 376 g/mol. The summed E-state index contributed by atoms with van der Waals surface area (Å²) in [6.07, 6.45) is 14.4. The minimum Gasteiger partial charge on any atom is -0.378 e. The number of aromatic nitrogens is 2. The molecule has 1 aromatic rings. The van der Waals surface area contributed by atoms with Crippen LogP contribution in [0.5, 0.6) is 0 Å². The van der Waals surface area contributed by atoms with E-state index in [2.05, 4.69) is 37.9 Å². The van der Waals surface area contributed by atoms with E-state index in [0.29, 0.717) is 6.10 Å². The fourth-order valence-electron chi connectivity index (χ4n) is 4.26. The predicted octanol–water partition coefficient (Wildman–Crippen LogP) is 3.22. The molecule has 0 radical (unpaired) electrons. The van der Waals surface area contributed by atoms with Crippen molar-refractivity contribution in [2.45, 2.75) is 70.9 Å². The van der Waals surface area contributed by atoms with Crippen LogP contribution >= 0.6 is 0 Å². The van der Waals surface area contributed by atoms with Crippen LogP contribution in [0.1, 0.15) is 57.2 Å². The number of hydrogen-bond donors (Lipinski definition) is 1. The maximum atomic E-state index is 6.19. The van der Waals surface area contributed by atoms with E-state index in [1.54, 1.807) is 0 Å². The van der Waals surface area contributed by atoms with Gasteiger partial charge in [0.2, 0.25) is 0 Å². The van der Waals surface area contributed by atoms with Gasteiger partial charge in [-0.15, -0.1) is 0 Å². The largest absolute Gasteiger partial charge is 0.378 e. The lowest BCUT2D eigenvalue weighted by molar-refractivity contribution is 0.00102. The van der Waals surface area contributed by atoms with E-state index in [-0.39, 0.29) is 0 Å². The molecule has 0 bridgehead atoms. The first-order valence-electron chi connectivity index (χ1n) is 10.8. The number of guanidine groups is 1. The predicted molar refractivity (Wildman–Crippen MR) is 110 cm³/mol. The zero-order valence-electron chi connectivity index (χ0n) is 17.2. The third-order valence-corrected chi connectivity index (χ3v) is 6.03. The number of hydrogen-bond acceptors (Lipinski definition) is 3. The number of rotatable bonds is 8. The fraction of sp³-hybridized carbons (Fsp3) is 0.810. The van der Waals surface area contributed by atoms with Crippen molar-refractivity contribution in [1.82, 2.24) is 19.8 Å². The summed E-state index contributed by atoms with van der Waals surface area (Å²) in [4.78, 5) is 11.1. The van der Waals surface area contributed by atoms with E-state index in [9.17, 15) is 0 Å². The normalized spacial score (nSPS) is 19.8. The summed E-state index contributed by atoms with van der Waals surface area (Å²) in [5.74, 6) is 2.96. The second-order valence-electron chi connectivity index (χ2n) is 8.02. The number of ether oxygens (including phenoxy) is 1. The smallest absolute Gasteiger partial charge is 0.193 e. The number of nitrogens with one attached hydrogen (secondary N) is 1. The molecule has 1 N–H and O–H groups in total. The first-order chi connectivity index (χ1) is 13.3. The van der Waals surface area contributed by atoms with Gasteiger partial charge < -0.3 is 19.5 Å². The zero-order valence-corrected chi connectivity index (χ0v) is 17.2. The molecule has 27 heavy (non-hydrogen) atoms. The van der Waals surface area contributed by atoms with Crippen LogP contribution in [0.25, 0.3) is 0 Å². The molecule has 0 aromatic carbocycles. The minimum absolute atomic E-state index is 0.443. The second-order valence-corrected chi connectivity index (χ2v) is 8.02. The summed E-state index contributed by atoms with van der Waals surface area (Å²) in [6.45, 7) is 7.13. The van der Waals surface area contributed by atoms with Gasteiger partial charge in [0.25, 0.3) is 0 Å². The molecule has 1 aliphatic carbocycles. The Balaban J connectivity index is 1.28. The van der Waals surface area contributed by atoms with Crippen molar-refractivity contribution in [3.05, 3.63) is 18.2 Å². The monoisotopic (exact) mass is 375 g/mol. The van der Waals surface area contributed by atoms with Gasteiger partial charge in [-0.2, -0.15) is 0 Å². The number of aryl methyl sites for hydroxylation is 2. The number of unbranched alkanes of at least 4 members (excludes halogenated alkanes) is 1.